The molecule has 0 spiro atoms. The van der Waals surface area contributed by atoms with Gasteiger partial charge in [0.2, 0.25) is 0 Å². The molecule has 134 valence electrons. The number of fused-ring (bicyclic) bond motifs is 1. The molecule has 5 nitrogen and oxygen atoms in total. The molecule has 0 N–H and O–H groups in total. The van der Waals surface area contributed by atoms with Gasteiger partial charge in [0.25, 0.3) is 0 Å². The number of anilines is 2. The molecule has 0 atom stereocenters. The van der Waals surface area contributed by atoms with E-state index >= 15 is 0 Å². The number of hydrogen-bond donors (Lipinski definition) is 0. The summed E-state index contributed by atoms with van der Waals surface area (Å²) in [6.07, 6.45) is 2.11. The zero-order valence-electron chi connectivity index (χ0n) is 13.8. The molecule has 26 heavy (non-hydrogen) atoms. The third-order valence-electron chi connectivity index (χ3n) is 4.54. The highest BCUT2D eigenvalue weighted by Crippen LogP contribution is 2.31. The summed E-state index contributed by atoms with van der Waals surface area (Å²) in [7, 11) is 0. The SMILES string of the molecule is FC(F)(F)c1ccnc(N2CCN(c3ccnc4ccncc34)CC2)c1. The summed E-state index contributed by atoms with van der Waals surface area (Å²) in [6.45, 7) is 2.56. The van der Waals surface area contributed by atoms with Crippen LogP contribution in [0.2, 0.25) is 0 Å². The molecular weight excluding hydrogens is 343 g/mol. The van der Waals surface area contributed by atoms with Crippen molar-refractivity contribution in [3.8, 4) is 0 Å². The Morgan fingerprint density at radius 1 is 0.846 bits per heavy atom. The van der Waals surface area contributed by atoms with Crippen LogP contribution in [-0.2, 0) is 6.18 Å². The topological polar surface area (TPSA) is 45.2 Å². The quantitative estimate of drug-likeness (QED) is 0.702. The zero-order valence-corrected chi connectivity index (χ0v) is 13.8. The predicted molar refractivity (Wildman–Crippen MR) is 93.2 cm³/mol. The van der Waals surface area contributed by atoms with E-state index in [9.17, 15) is 13.2 Å². The van der Waals surface area contributed by atoms with E-state index in [2.05, 4.69) is 19.9 Å². The molecule has 3 aromatic rings. The molecule has 0 aliphatic carbocycles. The molecule has 4 heterocycles. The summed E-state index contributed by atoms with van der Waals surface area (Å²) in [6, 6.07) is 5.92. The fourth-order valence-electron chi connectivity index (χ4n) is 3.19. The van der Waals surface area contributed by atoms with Gasteiger partial charge in [0.05, 0.1) is 11.1 Å². The molecule has 0 unspecified atom stereocenters. The van der Waals surface area contributed by atoms with Gasteiger partial charge in [-0.3, -0.25) is 9.97 Å². The normalized spacial score (nSPS) is 15.5. The van der Waals surface area contributed by atoms with Crippen molar-refractivity contribution in [2.45, 2.75) is 6.18 Å². The standard InChI is InChI=1S/C18H16F3N5/c19-18(20,21)13-1-5-24-17(11-13)26-9-7-25(8-10-26)16-3-6-23-15-2-4-22-12-14(15)16/h1-6,11-12H,7-10H2. The van der Waals surface area contributed by atoms with E-state index in [4.69, 9.17) is 0 Å². The highest BCUT2D eigenvalue weighted by Gasteiger charge is 2.31. The lowest BCUT2D eigenvalue weighted by molar-refractivity contribution is -0.137. The summed E-state index contributed by atoms with van der Waals surface area (Å²) in [5, 5.41) is 0.973. The third-order valence-corrected chi connectivity index (χ3v) is 4.54. The van der Waals surface area contributed by atoms with Crippen molar-refractivity contribution in [2.24, 2.45) is 0 Å². The Morgan fingerprint density at radius 2 is 1.58 bits per heavy atom. The summed E-state index contributed by atoms with van der Waals surface area (Å²) in [5.41, 5.74) is 1.25. The maximum atomic E-state index is 12.9. The fraction of sp³-hybridized carbons (Fsp3) is 0.278. The Morgan fingerprint density at radius 3 is 2.35 bits per heavy atom. The molecule has 0 bridgehead atoms. The molecule has 0 saturated carbocycles. The van der Waals surface area contributed by atoms with Crippen molar-refractivity contribution in [3.05, 3.63) is 54.6 Å². The Kier molecular flexibility index (Phi) is 4.10. The number of pyridine rings is 3. The van der Waals surface area contributed by atoms with E-state index in [0.29, 0.717) is 32.0 Å². The van der Waals surface area contributed by atoms with Gasteiger partial charge in [-0.25, -0.2) is 4.98 Å². The van der Waals surface area contributed by atoms with Gasteiger partial charge in [0.15, 0.2) is 0 Å². The Bertz CT molecular complexity index is 915. The van der Waals surface area contributed by atoms with Crippen LogP contribution < -0.4 is 9.80 Å². The molecule has 0 aromatic carbocycles. The maximum Gasteiger partial charge on any atom is 0.416 e. The second-order valence-corrected chi connectivity index (χ2v) is 6.10. The second kappa shape index (κ2) is 6.44. The van der Waals surface area contributed by atoms with Crippen LogP contribution in [0.1, 0.15) is 5.56 Å². The van der Waals surface area contributed by atoms with Crippen LogP contribution in [-0.4, -0.2) is 41.1 Å². The maximum absolute atomic E-state index is 12.9. The summed E-state index contributed by atoms with van der Waals surface area (Å²) >= 11 is 0. The number of piperazine rings is 1. The first-order valence-electron chi connectivity index (χ1n) is 8.24. The summed E-state index contributed by atoms with van der Waals surface area (Å²) in [4.78, 5) is 16.7. The summed E-state index contributed by atoms with van der Waals surface area (Å²) < 4.78 is 38.7. The van der Waals surface area contributed by atoms with Gasteiger partial charge in [0.1, 0.15) is 5.82 Å². The highest BCUT2D eigenvalue weighted by atomic mass is 19.4. The van der Waals surface area contributed by atoms with E-state index in [1.807, 2.05) is 17.0 Å². The molecule has 1 aliphatic rings. The lowest BCUT2D eigenvalue weighted by atomic mass is 10.2. The molecule has 1 aliphatic heterocycles. The van der Waals surface area contributed by atoms with Crippen molar-refractivity contribution >= 4 is 22.4 Å². The third kappa shape index (κ3) is 3.14. The van der Waals surface area contributed by atoms with Crippen molar-refractivity contribution in [3.63, 3.8) is 0 Å². The number of halogens is 3. The number of hydrogen-bond acceptors (Lipinski definition) is 5. The Balaban J connectivity index is 1.53. The molecule has 8 heteroatoms. The minimum atomic E-state index is -4.36. The van der Waals surface area contributed by atoms with Crippen LogP contribution in [0.15, 0.2) is 49.1 Å². The van der Waals surface area contributed by atoms with E-state index in [0.717, 1.165) is 28.7 Å². The molecule has 0 radical (unpaired) electrons. The zero-order chi connectivity index (χ0) is 18.1. The average molecular weight is 359 g/mol. The van der Waals surface area contributed by atoms with Crippen molar-refractivity contribution in [1.29, 1.82) is 0 Å². The van der Waals surface area contributed by atoms with Gasteiger partial charge in [-0.15, -0.1) is 0 Å². The first-order chi connectivity index (χ1) is 12.5. The van der Waals surface area contributed by atoms with E-state index in [-0.39, 0.29) is 0 Å². The fourth-order valence-corrected chi connectivity index (χ4v) is 3.19. The van der Waals surface area contributed by atoms with Crippen LogP contribution in [0, 0.1) is 0 Å². The largest absolute Gasteiger partial charge is 0.416 e. The van der Waals surface area contributed by atoms with E-state index in [1.165, 1.54) is 6.20 Å². The molecular formula is C18H16F3N5. The molecule has 1 fully saturated rings. The van der Waals surface area contributed by atoms with Gasteiger partial charge >= 0.3 is 6.18 Å². The lowest BCUT2D eigenvalue weighted by Crippen LogP contribution is -2.47. The van der Waals surface area contributed by atoms with Gasteiger partial charge in [0, 0.05) is 62.0 Å². The van der Waals surface area contributed by atoms with E-state index < -0.39 is 11.7 Å². The van der Waals surface area contributed by atoms with Gasteiger partial charge in [-0.05, 0) is 24.3 Å². The van der Waals surface area contributed by atoms with Crippen LogP contribution in [0.25, 0.3) is 10.9 Å². The smallest absolute Gasteiger partial charge is 0.367 e. The molecule has 1 saturated heterocycles. The predicted octanol–water partition coefficient (Wildman–Crippen LogP) is 3.37. The first-order valence-corrected chi connectivity index (χ1v) is 8.24. The van der Waals surface area contributed by atoms with E-state index in [1.54, 1.807) is 18.6 Å². The van der Waals surface area contributed by atoms with Gasteiger partial charge in [-0.2, -0.15) is 13.2 Å². The minimum Gasteiger partial charge on any atom is -0.367 e. The van der Waals surface area contributed by atoms with Crippen LogP contribution in [0.4, 0.5) is 24.7 Å². The van der Waals surface area contributed by atoms with Gasteiger partial charge in [-0.1, -0.05) is 0 Å². The van der Waals surface area contributed by atoms with Crippen molar-refractivity contribution < 1.29 is 13.2 Å². The number of aromatic nitrogens is 3. The molecule has 3 aromatic heterocycles. The highest BCUT2D eigenvalue weighted by molar-refractivity contribution is 5.90. The number of alkyl halides is 3. The van der Waals surface area contributed by atoms with Crippen molar-refractivity contribution in [1.82, 2.24) is 15.0 Å². The number of rotatable bonds is 2. The summed E-state index contributed by atoms with van der Waals surface area (Å²) in [5.74, 6) is 0.362. The second-order valence-electron chi connectivity index (χ2n) is 6.10. The Hall–Kier alpha value is -2.90. The number of nitrogens with zero attached hydrogens (tertiary/aromatic N) is 5. The minimum absolute atomic E-state index is 0.362. The first kappa shape index (κ1) is 16.6. The monoisotopic (exact) mass is 359 g/mol. The molecule has 4 rings (SSSR count). The van der Waals surface area contributed by atoms with Crippen molar-refractivity contribution in [2.75, 3.05) is 36.0 Å². The molecule has 0 amide bonds. The van der Waals surface area contributed by atoms with Crippen LogP contribution >= 0.6 is 0 Å². The van der Waals surface area contributed by atoms with Crippen LogP contribution in [0.3, 0.4) is 0 Å². The Labute approximate surface area is 148 Å². The lowest BCUT2D eigenvalue weighted by Gasteiger charge is -2.37. The average Bonchev–Trinajstić information content (AvgIpc) is 2.67. The van der Waals surface area contributed by atoms with Gasteiger partial charge < -0.3 is 9.80 Å². The van der Waals surface area contributed by atoms with Crippen LogP contribution in [0.5, 0.6) is 0 Å².